The molecule has 0 spiro atoms. The van der Waals surface area contributed by atoms with Gasteiger partial charge in [-0.05, 0) is 68.2 Å². The molecule has 0 bridgehead atoms. The lowest BCUT2D eigenvalue weighted by Crippen LogP contribution is -2.14. The van der Waals surface area contributed by atoms with E-state index in [1.54, 1.807) is 6.08 Å². The van der Waals surface area contributed by atoms with Gasteiger partial charge in [0.05, 0.1) is 28.3 Å². The molecule has 0 aliphatic rings. The van der Waals surface area contributed by atoms with Crippen molar-refractivity contribution in [2.24, 2.45) is 4.99 Å². The average Bonchev–Trinajstić information content (AvgIpc) is 3.34. The number of hydrogen-bond donors (Lipinski definition) is 0. The Morgan fingerprint density at radius 2 is 1.60 bits per heavy atom. The van der Waals surface area contributed by atoms with Crippen LogP contribution in [0.1, 0.15) is 32.2 Å². The van der Waals surface area contributed by atoms with Gasteiger partial charge in [-0.15, -0.1) is 0 Å². The van der Waals surface area contributed by atoms with Gasteiger partial charge in [0.2, 0.25) is 0 Å². The zero-order chi connectivity index (χ0) is 28.1. The smallest absolute Gasteiger partial charge is 0.146 e. The highest BCUT2D eigenvalue weighted by atomic mass is 15.1. The molecule has 0 amide bonds. The van der Waals surface area contributed by atoms with Crippen LogP contribution in [-0.2, 0) is 0 Å². The van der Waals surface area contributed by atoms with Gasteiger partial charge in [-0.25, -0.2) is 4.98 Å². The summed E-state index contributed by atoms with van der Waals surface area (Å²) in [6, 6.07) is 25.2. The van der Waals surface area contributed by atoms with Crippen molar-refractivity contribution >= 4 is 57.1 Å². The van der Waals surface area contributed by atoms with E-state index >= 15 is 0 Å². The summed E-state index contributed by atoms with van der Waals surface area (Å²) in [6.45, 7) is 9.93. The molecule has 0 saturated carbocycles. The first-order chi connectivity index (χ1) is 19.5. The number of aliphatic imine (C=N–C) groups is 1. The highest BCUT2D eigenvalue weighted by Crippen LogP contribution is 2.33. The summed E-state index contributed by atoms with van der Waals surface area (Å²) in [4.78, 5) is 12.2. The first-order valence-corrected chi connectivity index (χ1v) is 13.5. The maximum Gasteiger partial charge on any atom is 0.146 e. The third-order valence-electron chi connectivity index (χ3n) is 7.00. The minimum absolute atomic E-state index is 0.902. The predicted molar refractivity (Wildman–Crippen MR) is 175 cm³/mol. The van der Waals surface area contributed by atoms with Crippen molar-refractivity contribution in [2.75, 3.05) is 11.9 Å². The molecule has 198 valence electrons. The van der Waals surface area contributed by atoms with Crippen molar-refractivity contribution in [2.45, 2.75) is 20.8 Å². The topological polar surface area (TPSA) is 32.9 Å². The van der Waals surface area contributed by atoms with Crippen molar-refractivity contribution in [3.63, 3.8) is 0 Å². The third kappa shape index (κ3) is 5.16. The molecule has 0 N–H and O–H groups in total. The van der Waals surface area contributed by atoms with Crippen LogP contribution < -0.4 is 4.90 Å². The first kappa shape index (κ1) is 26.6. The van der Waals surface area contributed by atoms with Gasteiger partial charge >= 0.3 is 0 Å². The van der Waals surface area contributed by atoms with E-state index < -0.39 is 0 Å². The lowest BCUT2D eigenvalue weighted by atomic mass is 10.1. The number of rotatable bonds is 8. The summed E-state index contributed by atoms with van der Waals surface area (Å²) in [5, 5.41) is 3.57. The van der Waals surface area contributed by atoms with Crippen molar-refractivity contribution in [3.8, 4) is 0 Å². The lowest BCUT2D eigenvalue weighted by Gasteiger charge is -2.21. The number of aromatic nitrogens is 2. The molecule has 40 heavy (non-hydrogen) atoms. The molecule has 2 heterocycles. The van der Waals surface area contributed by atoms with E-state index in [9.17, 15) is 0 Å². The van der Waals surface area contributed by atoms with Crippen LogP contribution in [0.15, 0.2) is 126 Å². The number of imidazole rings is 1. The van der Waals surface area contributed by atoms with Gasteiger partial charge in [-0.2, -0.15) is 0 Å². The molecular weight excluding hydrogens is 488 g/mol. The Hall–Kier alpha value is -4.96. The van der Waals surface area contributed by atoms with Gasteiger partial charge < -0.3 is 4.90 Å². The maximum absolute atomic E-state index is 5.15. The molecule has 0 unspecified atom stereocenters. The molecule has 5 aromatic rings. The fourth-order valence-corrected chi connectivity index (χ4v) is 4.96. The Kier molecular flexibility index (Phi) is 7.88. The van der Waals surface area contributed by atoms with E-state index in [1.165, 1.54) is 10.8 Å². The fraction of sp³-hybridized carbons (Fsp3) is 0.111. The van der Waals surface area contributed by atoms with Crippen LogP contribution in [0.3, 0.4) is 0 Å². The van der Waals surface area contributed by atoms with E-state index in [1.807, 2.05) is 43.5 Å². The molecule has 2 aromatic heterocycles. The van der Waals surface area contributed by atoms with E-state index in [0.717, 1.165) is 50.6 Å². The number of pyridine rings is 1. The fourth-order valence-electron chi connectivity index (χ4n) is 4.96. The quantitative estimate of drug-likeness (QED) is 0.115. The molecule has 5 rings (SSSR count). The molecule has 0 aliphatic carbocycles. The summed E-state index contributed by atoms with van der Waals surface area (Å²) in [6.07, 6.45) is 16.0. The number of anilines is 1. The highest BCUT2D eigenvalue weighted by Gasteiger charge is 2.15. The van der Waals surface area contributed by atoms with Gasteiger partial charge in [-0.3, -0.25) is 9.39 Å². The minimum atomic E-state index is 0.902. The molecule has 0 saturated heterocycles. The number of allylic oxidation sites excluding steroid dienone is 7. The van der Waals surface area contributed by atoms with Crippen LogP contribution >= 0.6 is 0 Å². The van der Waals surface area contributed by atoms with Crippen LogP contribution in [0.25, 0.3) is 39.5 Å². The Labute approximate surface area is 236 Å². The molecule has 3 aromatic carbocycles. The summed E-state index contributed by atoms with van der Waals surface area (Å²) < 4.78 is 2.27. The second kappa shape index (κ2) is 11.8. The number of fused-ring (bicyclic) bond motifs is 6. The van der Waals surface area contributed by atoms with E-state index in [0.29, 0.717) is 0 Å². The third-order valence-corrected chi connectivity index (χ3v) is 7.00. The van der Waals surface area contributed by atoms with Gasteiger partial charge in [0.1, 0.15) is 5.65 Å². The Bertz CT molecular complexity index is 1860. The van der Waals surface area contributed by atoms with Gasteiger partial charge in [-0.1, -0.05) is 85.5 Å². The van der Waals surface area contributed by atoms with Crippen molar-refractivity contribution < 1.29 is 0 Å². The van der Waals surface area contributed by atoms with E-state index in [-0.39, 0.29) is 0 Å². The van der Waals surface area contributed by atoms with Crippen molar-refractivity contribution in [1.29, 1.82) is 0 Å². The number of nitrogens with zero attached hydrogens (tertiary/aromatic N) is 4. The van der Waals surface area contributed by atoms with Gasteiger partial charge in [0.15, 0.2) is 0 Å². The maximum atomic E-state index is 5.15. The summed E-state index contributed by atoms with van der Waals surface area (Å²) >= 11 is 0. The summed E-state index contributed by atoms with van der Waals surface area (Å²) in [5.74, 6) is 0. The van der Waals surface area contributed by atoms with Crippen LogP contribution in [0.2, 0.25) is 0 Å². The molecule has 0 aliphatic heterocycles. The van der Waals surface area contributed by atoms with Crippen LogP contribution in [0.5, 0.6) is 0 Å². The molecule has 0 fully saturated rings. The molecular formula is C36H34N4. The van der Waals surface area contributed by atoms with E-state index in [4.69, 9.17) is 9.98 Å². The second-order valence-corrected chi connectivity index (χ2v) is 9.73. The Morgan fingerprint density at radius 3 is 2.38 bits per heavy atom. The van der Waals surface area contributed by atoms with Gasteiger partial charge in [0.25, 0.3) is 0 Å². The number of benzene rings is 3. The zero-order valence-corrected chi connectivity index (χ0v) is 23.5. The van der Waals surface area contributed by atoms with Crippen LogP contribution in [0.4, 0.5) is 11.4 Å². The van der Waals surface area contributed by atoms with E-state index in [2.05, 4.69) is 116 Å². The first-order valence-electron chi connectivity index (χ1n) is 13.5. The number of para-hydroxylation sites is 3. The van der Waals surface area contributed by atoms with Crippen molar-refractivity contribution in [3.05, 3.63) is 132 Å². The normalized spacial score (nSPS) is 13.1. The molecule has 0 atom stereocenters. The number of hydrogen-bond acceptors (Lipinski definition) is 3. The summed E-state index contributed by atoms with van der Waals surface area (Å²) in [7, 11) is 2.05. The molecule has 4 heteroatoms. The standard InChI is InChI=1S/C36H34N4/c1-6-8-9-17-27(4)39(5)34-23-15-13-21-31(34)37-25-26(3)24-32-35(16-7-2)40-33-22-14-12-19-29(33)28-18-10-11-20-30(28)36(40)38-32/h6-25H,1H2,2-5H3/b9-8-,16-7-,26-24+,27-17+,37-25+. The minimum Gasteiger partial charge on any atom is -0.347 e. The lowest BCUT2D eigenvalue weighted by molar-refractivity contribution is 1.09. The highest BCUT2D eigenvalue weighted by molar-refractivity contribution is 6.12. The Morgan fingerprint density at radius 1 is 0.900 bits per heavy atom. The van der Waals surface area contributed by atoms with Crippen LogP contribution in [0, 0.1) is 0 Å². The van der Waals surface area contributed by atoms with Crippen LogP contribution in [-0.4, -0.2) is 22.6 Å². The zero-order valence-electron chi connectivity index (χ0n) is 23.5. The average molecular weight is 523 g/mol. The SMILES string of the molecule is C=C/C=C\C=C(/C)N(C)c1ccccc1/N=C/C(C)=C/c1nc2c3ccccc3c3ccccc3n2c1/C=C\C. The monoisotopic (exact) mass is 522 g/mol. The largest absolute Gasteiger partial charge is 0.347 e. The predicted octanol–water partition coefficient (Wildman–Crippen LogP) is 9.56. The van der Waals surface area contributed by atoms with Crippen molar-refractivity contribution in [1.82, 2.24) is 9.38 Å². The van der Waals surface area contributed by atoms with Gasteiger partial charge in [0, 0.05) is 29.7 Å². The Balaban J connectivity index is 1.58. The molecule has 4 nitrogen and oxygen atoms in total. The molecule has 0 radical (unpaired) electrons. The summed E-state index contributed by atoms with van der Waals surface area (Å²) in [5.41, 5.74) is 8.13. The second-order valence-electron chi connectivity index (χ2n) is 9.73.